The molecule has 11 heavy (non-hydrogen) atoms. The van der Waals surface area contributed by atoms with Gasteiger partial charge in [0, 0.05) is 0 Å². The average molecular weight is 136 g/mol. The van der Waals surface area contributed by atoms with E-state index in [-0.39, 0.29) is 0 Å². The molecule has 2 rings (SSSR count). The molecule has 1 atom stereocenters. The van der Waals surface area contributed by atoms with Crippen LogP contribution in [-0.4, -0.2) is 17.7 Å². The van der Waals surface area contributed by atoms with Crippen LogP contribution in [0.3, 0.4) is 0 Å². The van der Waals surface area contributed by atoms with Gasteiger partial charge in [-0.1, -0.05) is 0 Å². The van der Waals surface area contributed by atoms with Crippen molar-refractivity contribution in [2.75, 3.05) is 0 Å². The number of allylic oxidation sites excluding steroid dienone is 1. The Morgan fingerprint density at radius 2 is 2.00 bits per heavy atom. The fraction of sp³-hybridized carbons (Fsp3) is 0.200. The molecule has 0 saturated heterocycles. The van der Waals surface area contributed by atoms with Gasteiger partial charge in [0.05, 0.1) is 0 Å². The van der Waals surface area contributed by atoms with Crippen LogP contribution in [0.25, 0.3) is 6.08 Å². The molecule has 1 aromatic carbocycles. The second kappa shape index (κ2) is 2.55. The molecule has 0 saturated carbocycles. The maximum absolute atomic E-state index is 2.28. The average Bonchev–Trinajstić information content (AvgIpc) is 2.30. The third-order valence-corrected chi connectivity index (χ3v) is 2.53. The third kappa shape index (κ3) is 1.07. The Kier molecular flexibility index (Phi) is 1.68. The zero-order chi connectivity index (χ0) is 7.84. The Morgan fingerprint density at radius 1 is 1.27 bits per heavy atom. The monoisotopic (exact) mass is 136 g/mol. The van der Waals surface area contributed by atoms with Gasteiger partial charge < -0.3 is 0 Å². The summed E-state index contributed by atoms with van der Waals surface area (Å²) in [5.41, 5.74) is 2.88. The third-order valence-electron chi connectivity index (χ3n) is 2.53. The summed E-state index contributed by atoms with van der Waals surface area (Å²) in [4.78, 5) is 0. The van der Waals surface area contributed by atoms with Crippen molar-refractivity contribution in [2.45, 2.75) is 12.8 Å². The van der Waals surface area contributed by atoms with Gasteiger partial charge in [-0.15, -0.1) is 0 Å². The van der Waals surface area contributed by atoms with Crippen LogP contribution in [0, 0.1) is 0 Å². The van der Waals surface area contributed by atoms with Crippen molar-refractivity contribution in [3.63, 3.8) is 0 Å². The van der Waals surface area contributed by atoms with E-state index in [4.69, 9.17) is 0 Å². The predicted molar refractivity (Wildman–Crippen MR) is 48.6 cm³/mol. The molecule has 1 heteroatoms. The number of hydrogen-bond donors (Lipinski definition) is 0. The van der Waals surface area contributed by atoms with Crippen molar-refractivity contribution in [3.8, 4) is 0 Å². The summed E-state index contributed by atoms with van der Waals surface area (Å²) in [7, 11) is 0. The summed E-state index contributed by atoms with van der Waals surface area (Å²) in [6.07, 6.45) is 2.28. The van der Waals surface area contributed by atoms with Gasteiger partial charge in [0.2, 0.25) is 0 Å². The summed E-state index contributed by atoms with van der Waals surface area (Å²) in [6, 6.07) is 8.61. The summed E-state index contributed by atoms with van der Waals surface area (Å²) in [6.45, 7) is 2.26. The van der Waals surface area contributed by atoms with Crippen molar-refractivity contribution < 1.29 is 0 Å². The van der Waals surface area contributed by atoms with Crippen LogP contribution < -0.4 is 0 Å². The molecule has 0 fully saturated rings. The van der Waals surface area contributed by atoms with Crippen molar-refractivity contribution in [2.24, 2.45) is 0 Å². The molecule has 1 unspecified atom stereocenters. The first-order valence-electron chi connectivity index (χ1n) is 4.06. The van der Waals surface area contributed by atoms with Crippen LogP contribution in [0.4, 0.5) is 0 Å². The molecule has 0 nitrogen and oxygen atoms in total. The minimum atomic E-state index is 0.631. The Morgan fingerprint density at radius 3 is 2.73 bits per heavy atom. The van der Waals surface area contributed by atoms with Crippen molar-refractivity contribution in [1.82, 2.24) is 0 Å². The molecule has 0 spiro atoms. The second-order valence-electron chi connectivity index (χ2n) is 3.24. The Bertz CT molecular complexity index is 312. The zero-order valence-corrected chi connectivity index (χ0v) is 6.96. The maximum atomic E-state index is 2.28. The summed E-state index contributed by atoms with van der Waals surface area (Å²) in [5.74, 6) is 0.631. The molecule has 0 N–H and O–H groups in total. The van der Waals surface area contributed by atoms with Gasteiger partial charge in [0.25, 0.3) is 0 Å². The molecule has 0 heterocycles. The first kappa shape index (κ1) is 7.22. The van der Waals surface area contributed by atoms with E-state index in [1.54, 1.807) is 0 Å². The normalized spacial score (nSPS) is 21.4. The van der Waals surface area contributed by atoms with E-state index in [9.17, 15) is 0 Å². The van der Waals surface area contributed by atoms with Gasteiger partial charge in [0.1, 0.15) is 0 Å². The molecule has 0 aromatic heterocycles. The van der Waals surface area contributed by atoms with E-state index < -0.39 is 0 Å². The molecule has 0 bridgehead atoms. The SMILES string of the molecule is [Li][C]1=Cc2ccccc2C1C. The van der Waals surface area contributed by atoms with E-state index >= 15 is 0 Å². The first-order chi connectivity index (χ1) is 5.29. The van der Waals surface area contributed by atoms with Crippen molar-refractivity contribution >= 4 is 23.8 Å². The van der Waals surface area contributed by atoms with Gasteiger partial charge in [-0.05, 0) is 0 Å². The molecule has 0 radical (unpaired) electrons. The van der Waals surface area contributed by atoms with Gasteiger partial charge >= 0.3 is 76.3 Å². The molecule has 1 aromatic rings. The number of fused-ring (bicyclic) bond motifs is 1. The quantitative estimate of drug-likeness (QED) is 0.480. The number of benzene rings is 1. The predicted octanol–water partition coefficient (Wildman–Crippen LogP) is 2.31. The second-order valence-corrected chi connectivity index (χ2v) is 3.24. The Labute approximate surface area is 76.5 Å². The van der Waals surface area contributed by atoms with E-state index in [0.29, 0.717) is 5.92 Å². The van der Waals surface area contributed by atoms with E-state index in [0.717, 1.165) is 0 Å². The van der Waals surface area contributed by atoms with Crippen molar-refractivity contribution in [1.29, 1.82) is 0 Å². The number of rotatable bonds is 0. The molecule has 1 aliphatic carbocycles. The van der Waals surface area contributed by atoms with Crippen molar-refractivity contribution in [3.05, 3.63) is 39.6 Å². The topological polar surface area (TPSA) is 0 Å². The van der Waals surface area contributed by atoms with Crippen LogP contribution in [0.5, 0.6) is 0 Å². The van der Waals surface area contributed by atoms with Gasteiger partial charge in [-0.2, -0.15) is 0 Å². The van der Waals surface area contributed by atoms with Crippen LogP contribution in [0.2, 0.25) is 0 Å². The molecule has 0 aliphatic heterocycles. The molecular formula is C10H9Li. The Balaban J connectivity index is 2.58. The number of hydrogen-bond acceptors (Lipinski definition) is 0. The summed E-state index contributed by atoms with van der Waals surface area (Å²) >= 11 is 2.20. The van der Waals surface area contributed by atoms with Crippen LogP contribution in [-0.2, 0) is 0 Å². The van der Waals surface area contributed by atoms with Gasteiger partial charge in [-0.25, -0.2) is 0 Å². The van der Waals surface area contributed by atoms with Gasteiger partial charge in [0.15, 0.2) is 0 Å². The van der Waals surface area contributed by atoms with E-state index in [2.05, 4.69) is 55.0 Å². The fourth-order valence-corrected chi connectivity index (χ4v) is 1.65. The molecule has 50 valence electrons. The summed E-state index contributed by atoms with van der Waals surface area (Å²) in [5, 5.41) is 0. The fourth-order valence-electron chi connectivity index (χ4n) is 1.65. The van der Waals surface area contributed by atoms with Crippen LogP contribution in [0.15, 0.2) is 28.5 Å². The van der Waals surface area contributed by atoms with Gasteiger partial charge in [-0.3, -0.25) is 0 Å². The van der Waals surface area contributed by atoms with Crippen LogP contribution >= 0.6 is 0 Å². The molecule has 1 aliphatic rings. The standard InChI is InChI=1S/C10H9.Li/c1-8-6-7-9-4-2-3-5-10(8)9;/h2-5,7-8H,1H3;. The zero-order valence-electron chi connectivity index (χ0n) is 6.96. The summed E-state index contributed by atoms with van der Waals surface area (Å²) < 4.78 is 1.48. The molecular weight excluding hydrogens is 127 g/mol. The molecule has 0 amide bonds. The van der Waals surface area contributed by atoms with E-state index in [1.807, 2.05) is 0 Å². The minimum absolute atomic E-state index is 0.631. The first-order valence-corrected chi connectivity index (χ1v) is 4.06. The van der Waals surface area contributed by atoms with E-state index in [1.165, 1.54) is 15.4 Å². The Hall–Kier alpha value is -0.443. The van der Waals surface area contributed by atoms with Crippen LogP contribution in [0.1, 0.15) is 24.0 Å².